The molecule has 0 radical (unpaired) electrons. The van der Waals surface area contributed by atoms with Crippen LogP contribution in [0.3, 0.4) is 0 Å². The van der Waals surface area contributed by atoms with Gasteiger partial charge in [0, 0.05) is 10.4 Å². The number of carbonyl (C=O) groups is 1. The molecule has 0 fully saturated rings. The van der Waals surface area contributed by atoms with Gasteiger partial charge in [0.25, 0.3) is 0 Å². The molecule has 0 spiro atoms. The highest BCUT2D eigenvalue weighted by atomic mass is 32.1. The number of thiophene rings is 1. The Hall–Kier alpha value is -2.93. The Morgan fingerprint density at radius 3 is 2.89 bits per heavy atom. The topological polar surface area (TPSA) is 84.9 Å². The van der Waals surface area contributed by atoms with Gasteiger partial charge in [-0.2, -0.15) is 0 Å². The maximum atomic E-state index is 12.5. The van der Waals surface area contributed by atoms with Crippen LogP contribution in [0.25, 0.3) is 11.5 Å². The minimum absolute atomic E-state index is 0.222. The van der Waals surface area contributed by atoms with Crippen LogP contribution in [0.5, 0.6) is 5.95 Å². The van der Waals surface area contributed by atoms with E-state index in [-0.39, 0.29) is 17.6 Å². The minimum atomic E-state index is -0.344. The SMILES string of the molecule is CCOC(=O)c1c(N=Cc2nc(-c3ccccc3)oc2O)sc2c1CCCC2. The number of aromatic hydroxyl groups is 1. The predicted octanol–water partition coefficient (Wildman–Crippen LogP) is 4.91. The van der Waals surface area contributed by atoms with E-state index in [1.807, 2.05) is 30.3 Å². The van der Waals surface area contributed by atoms with Gasteiger partial charge in [0.1, 0.15) is 5.00 Å². The Bertz CT molecular complexity index is 1020. The molecule has 6 nitrogen and oxygen atoms in total. The Morgan fingerprint density at radius 2 is 2.11 bits per heavy atom. The second-order valence-electron chi connectivity index (χ2n) is 6.45. The van der Waals surface area contributed by atoms with Gasteiger partial charge in [0.05, 0.1) is 18.4 Å². The highest BCUT2D eigenvalue weighted by molar-refractivity contribution is 7.16. The van der Waals surface area contributed by atoms with E-state index in [2.05, 4.69) is 9.98 Å². The van der Waals surface area contributed by atoms with E-state index in [1.165, 1.54) is 22.4 Å². The van der Waals surface area contributed by atoms with Gasteiger partial charge in [0.15, 0.2) is 5.69 Å². The summed E-state index contributed by atoms with van der Waals surface area (Å²) in [7, 11) is 0. The number of ether oxygens (including phenoxy) is 1. The molecule has 0 saturated heterocycles. The highest BCUT2D eigenvalue weighted by Crippen LogP contribution is 2.40. The van der Waals surface area contributed by atoms with Crippen LogP contribution in [0.1, 0.15) is 46.3 Å². The quantitative estimate of drug-likeness (QED) is 0.489. The Kier molecular flexibility index (Phi) is 5.25. The van der Waals surface area contributed by atoms with Crippen molar-refractivity contribution in [3.8, 4) is 17.4 Å². The molecule has 0 atom stereocenters. The van der Waals surface area contributed by atoms with E-state index in [0.29, 0.717) is 23.1 Å². The lowest BCUT2D eigenvalue weighted by Gasteiger charge is -2.11. The normalized spacial score (nSPS) is 13.6. The third-order valence-corrected chi connectivity index (χ3v) is 5.79. The number of benzene rings is 1. The number of oxazole rings is 1. The molecule has 1 aliphatic carbocycles. The van der Waals surface area contributed by atoms with Gasteiger partial charge in [-0.3, -0.25) is 0 Å². The third-order valence-electron chi connectivity index (χ3n) is 4.59. The van der Waals surface area contributed by atoms with Gasteiger partial charge < -0.3 is 14.3 Å². The lowest BCUT2D eigenvalue weighted by Crippen LogP contribution is -2.09. The molecule has 28 heavy (non-hydrogen) atoms. The molecular formula is C21H20N2O4S. The zero-order valence-electron chi connectivity index (χ0n) is 15.5. The number of fused-ring (bicyclic) bond motifs is 1. The van der Waals surface area contributed by atoms with Crippen LogP contribution < -0.4 is 0 Å². The van der Waals surface area contributed by atoms with E-state index < -0.39 is 0 Å². The molecule has 7 heteroatoms. The summed E-state index contributed by atoms with van der Waals surface area (Å²) in [6, 6.07) is 9.32. The van der Waals surface area contributed by atoms with Crippen LogP contribution >= 0.6 is 11.3 Å². The van der Waals surface area contributed by atoms with Crippen molar-refractivity contribution in [1.82, 2.24) is 4.98 Å². The van der Waals surface area contributed by atoms with Gasteiger partial charge in [-0.05, 0) is 50.3 Å². The zero-order valence-corrected chi connectivity index (χ0v) is 16.3. The molecule has 0 saturated carbocycles. The van der Waals surface area contributed by atoms with Crippen molar-refractivity contribution < 1.29 is 19.1 Å². The van der Waals surface area contributed by atoms with Gasteiger partial charge in [-0.1, -0.05) is 18.2 Å². The lowest BCUT2D eigenvalue weighted by molar-refractivity contribution is 0.0526. The number of hydrogen-bond donors (Lipinski definition) is 1. The molecule has 4 rings (SSSR count). The average molecular weight is 396 g/mol. The lowest BCUT2D eigenvalue weighted by atomic mass is 9.95. The van der Waals surface area contributed by atoms with Crippen LogP contribution in [0.4, 0.5) is 5.00 Å². The van der Waals surface area contributed by atoms with E-state index in [1.54, 1.807) is 6.92 Å². The zero-order chi connectivity index (χ0) is 19.5. The average Bonchev–Trinajstić information content (AvgIpc) is 3.27. The predicted molar refractivity (Wildman–Crippen MR) is 108 cm³/mol. The summed E-state index contributed by atoms with van der Waals surface area (Å²) < 4.78 is 10.6. The van der Waals surface area contributed by atoms with Crippen LogP contribution in [0.15, 0.2) is 39.7 Å². The molecule has 0 unspecified atom stereocenters. The summed E-state index contributed by atoms with van der Waals surface area (Å²) in [6.07, 6.45) is 5.43. The molecule has 144 valence electrons. The first-order valence-electron chi connectivity index (χ1n) is 9.28. The number of aromatic nitrogens is 1. The first kappa shape index (κ1) is 18.4. The van der Waals surface area contributed by atoms with Gasteiger partial charge in [-0.25, -0.2) is 14.8 Å². The van der Waals surface area contributed by atoms with Crippen molar-refractivity contribution in [1.29, 1.82) is 0 Å². The largest absolute Gasteiger partial charge is 0.479 e. The Morgan fingerprint density at radius 1 is 1.32 bits per heavy atom. The first-order chi connectivity index (χ1) is 13.7. The van der Waals surface area contributed by atoms with Gasteiger partial charge in [0.2, 0.25) is 5.89 Å². The second kappa shape index (κ2) is 7.98. The number of nitrogens with zero attached hydrogens (tertiary/aromatic N) is 2. The smallest absolute Gasteiger partial charge is 0.341 e. The van der Waals surface area contributed by atoms with E-state index >= 15 is 0 Å². The van der Waals surface area contributed by atoms with Crippen molar-refractivity contribution in [2.24, 2.45) is 4.99 Å². The summed E-state index contributed by atoms with van der Waals surface area (Å²) >= 11 is 1.51. The maximum Gasteiger partial charge on any atom is 0.341 e. The fourth-order valence-electron chi connectivity index (χ4n) is 3.29. The molecule has 3 aromatic rings. The maximum absolute atomic E-state index is 12.5. The van der Waals surface area contributed by atoms with Crippen LogP contribution in [0.2, 0.25) is 0 Å². The molecule has 1 aromatic carbocycles. The fraction of sp³-hybridized carbons (Fsp3) is 0.286. The second-order valence-corrected chi connectivity index (χ2v) is 7.53. The highest BCUT2D eigenvalue weighted by Gasteiger charge is 2.26. The molecule has 0 bridgehead atoms. The molecule has 0 amide bonds. The number of aryl methyl sites for hydroxylation is 1. The van der Waals surface area contributed by atoms with Gasteiger partial charge in [-0.15, -0.1) is 11.3 Å². The summed E-state index contributed by atoms with van der Waals surface area (Å²) in [5.41, 5.74) is 2.58. The van der Waals surface area contributed by atoms with Crippen LogP contribution in [-0.2, 0) is 17.6 Å². The molecule has 1 aliphatic rings. The van der Waals surface area contributed by atoms with Crippen molar-refractivity contribution >= 4 is 28.5 Å². The standard InChI is InChI=1S/C21H20N2O4S/c1-2-26-21(25)17-14-10-6-7-11-16(14)28-19(17)22-12-15-20(24)27-18(23-15)13-8-4-3-5-9-13/h3-5,8-9,12,24H,2,6-7,10-11H2,1H3. The third kappa shape index (κ3) is 3.57. The monoisotopic (exact) mass is 396 g/mol. The van der Waals surface area contributed by atoms with E-state index in [0.717, 1.165) is 36.8 Å². The number of hydrogen-bond acceptors (Lipinski definition) is 7. The first-order valence-corrected chi connectivity index (χ1v) is 10.1. The summed E-state index contributed by atoms with van der Waals surface area (Å²) in [6.45, 7) is 2.11. The molecule has 2 heterocycles. The number of carbonyl (C=O) groups excluding carboxylic acids is 1. The number of aliphatic imine (C=N–C) groups is 1. The molecule has 2 aromatic heterocycles. The number of rotatable bonds is 5. The number of esters is 1. The van der Waals surface area contributed by atoms with Crippen molar-refractivity contribution in [3.63, 3.8) is 0 Å². The summed E-state index contributed by atoms with van der Waals surface area (Å²) in [5, 5.41) is 10.7. The minimum Gasteiger partial charge on any atom is -0.479 e. The Balaban J connectivity index is 1.68. The fourth-order valence-corrected chi connectivity index (χ4v) is 4.51. The molecule has 1 N–H and O–H groups in total. The van der Waals surface area contributed by atoms with Crippen molar-refractivity contribution in [3.05, 3.63) is 52.0 Å². The Labute approximate surface area is 166 Å². The summed E-state index contributed by atoms with van der Waals surface area (Å²) in [4.78, 5) is 22.5. The van der Waals surface area contributed by atoms with Gasteiger partial charge >= 0.3 is 11.9 Å². The van der Waals surface area contributed by atoms with E-state index in [4.69, 9.17) is 9.15 Å². The summed E-state index contributed by atoms with van der Waals surface area (Å²) in [5.74, 6) is -0.333. The molecular weight excluding hydrogens is 376 g/mol. The van der Waals surface area contributed by atoms with Crippen LogP contribution in [-0.4, -0.2) is 28.9 Å². The van der Waals surface area contributed by atoms with Crippen molar-refractivity contribution in [2.75, 3.05) is 6.61 Å². The molecule has 0 aliphatic heterocycles. The van der Waals surface area contributed by atoms with E-state index in [9.17, 15) is 9.90 Å². The van der Waals surface area contributed by atoms with Crippen LogP contribution in [0, 0.1) is 0 Å². The van der Waals surface area contributed by atoms with Crippen molar-refractivity contribution in [2.45, 2.75) is 32.6 Å².